The van der Waals surface area contributed by atoms with Crippen LogP contribution < -0.4 is 0 Å². The molecule has 14 heavy (non-hydrogen) atoms. The zero-order valence-electron chi connectivity index (χ0n) is 10.8. The third kappa shape index (κ3) is 1.33. The van der Waals surface area contributed by atoms with Crippen LogP contribution in [0.3, 0.4) is 0 Å². The summed E-state index contributed by atoms with van der Waals surface area (Å²) in [5.74, 6) is 0. The molecule has 0 aromatic heterocycles. The molecule has 0 aromatic carbocycles. The maximum Gasteiger partial charge on any atom is -0.0264 e. The van der Waals surface area contributed by atoms with Gasteiger partial charge in [-0.3, -0.25) is 0 Å². The summed E-state index contributed by atoms with van der Waals surface area (Å²) < 4.78 is 0. The summed E-state index contributed by atoms with van der Waals surface area (Å²) in [6, 6.07) is 0. The van der Waals surface area contributed by atoms with Gasteiger partial charge in [0.1, 0.15) is 0 Å². The van der Waals surface area contributed by atoms with E-state index in [1.54, 1.807) is 0 Å². The molecule has 2 atom stereocenters. The summed E-state index contributed by atoms with van der Waals surface area (Å²) in [4.78, 5) is 0. The van der Waals surface area contributed by atoms with Gasteiger partial charge in [-0.25, -0.2) is 0 Å². The molecule has 2 unspecified atom stereocenters. The Balaban J connectivity index is 2.41. The Hall–Kier alpha value is 0. The average molecular weight is 194 g/mol. The molecule has 2 rings (SSSR count). The van der Waals surface area contributed by atoms with Gasteiger partial charge in [-0.1, -0.05) is 41.5 Å². The molecule has 0 aliphatic heterocycles. The smallest absolute Gasteiger partial charge is 0.0264 e. The second-order valence-electron chi connectivity index (χ2n) is 8.13. The lowest BCUT2D eigenvalue weighted by atomic mass is 9.57. The maximum absolute atomic E-state index is 2.53. The third-order valence-electron chi connectivity index (χ3n) is 5.09. The third-order valence-corrected chi connectivity index (χ3v) is 5.09. The second-order valence-corrected chi connectivity index (χ2v) is 8.13. The van der Waals surface area contributed by atoms with Crippen LogP contribution >= 0.6 is 0 Å². The summed E-state index contributed by atoms with van der Waals surface area (Å²) in [5.41, 5.74) is 2.33. The van der Waals surface area contributed by atoms with E-state index in [0.717, 1.165) is 0 Å². The molecule has 2 aliphatic rings. The van der Waals surface area contributed by atoms with Crippen molar-refractivity contribution in [3.05, 3.63) is 0 Å². The molecule has 2 bridgehead atoms. The first-order valence-electron chi connectivity index (χ1n) is 6.08. The van der Waals surface area contributed by atoms with Gasteiger partial charge in [-0.05, 0) is 47.3 Å². The van der Waals surface area contributed by atoms with Crippen LogP contribution in [-0.4, -0.2) is 0 Å². The van der Waals surface area contributed by atoms with Gasteiger partial charge in [0.05, 0.1) is 0 Å². The Labute approximate surface area is 89.5 Å². The van der Waals surface area contributed by atoms with Gasteiger partial charge in [-0.15, -0.1) is 0 Å². The van der Waals surface area contributed by atoms with Crippen molar-refractivity contribution in [1.82, 2.24) is 0 Å². The number of hydrogen-bond donors (Lipinski definition) is 0. The fourth-order valence-electron chi connectivity index (χ4n) is 5.22. The van der Waals surface area contributed by atoms with E-state index in [0.29, 0.717) is 21.7 Å². The van der Waals surface area contributed by atoms with Crippen molar-refractivity contribution in [3.8, 4) is 0 Å². The van der Waals surface area contributed by atoms with Gasteiger partial charge >= 0.3 is 0 Å². The van der Waals surface area contributed by atoms with Gasteiger partial charge in [0.25, 0.3) is 0 Å². The van der Waals surface area contributed by atoms with Crippen LogP contribution in [0.25, 0.3) is 0 Å². The molecule has 0 radical (unpaired) electrons. The van der Waals surface area contributed by atoms with Gasteiger partial charge in [0.15, 0.2) is 0 Å². The van der Waals surface area contributed by atoms with Gasteiger partial charge in [0.2, 0.25) is 0 Å². The predicted octanol–water partition coefficient (Wildman–Crippen LogP) is 4.64. The van der Waals surface area contributed by atoms with E-state index in [9.17, 15) is 0 Å². The normalized spacial score (nSPS) is 49.3. The molecule has 2 aliphatic carbocycles. The SMILES string of the molecule is CC1(C)CC2(C)CC(C)(C)C(C)(C1)C2. The molecule has 0 amide bonds. The van der Waals surface area contributed by atoms with Gasteiger partial charge in [-0.2, -0.15) is 0 Å². The Kier molecular flexibility index (Phi) is 1.79. The molecular formula is C14H26. The van der Waals surface area contributed by atoms with E-state index in [2.05, 4.69) is 41.5 Å². The van der Waals surface area contributed by atoms with E-state index in [-0.39, 0.29) is 0 Å². The Bertz CT molecular complexity index is 257. The summed E-state index contributed by atoms with van der Waals surface area (Å²) >= 11 is 0. The largest absolute Gasteiger partial charge is 0.0599 e. The van der Waals surface area contributed by atoms with Crippen LogP contribution in [0.2, 0.25) is 0 Å². The molecule has 0 aromatic rings. The minimum Gasteiger partial charge on any atom is -0.0599 e. The Morgan fingerprint density at radius 2 is 1.21 bits per heavy atom. The molecular weight excluding hydrogens is 168 g/mol. The maximum atomic E-state index is 2.53. The standard InChI is InChI=1S/C14H26/c1-11(2)7-13(5)9-12(3,4)14(6,8-11)10-13/h7-10H2,1-6H3. The highest BCUT2D eigenvalue weighted by molar-refractivity contribution is 5.10. The van der Waals surface area contributed by atoms with Crippen molar-refractivity contribution in [3.63, 3.8) is 0 Å². The first-order chi connectivity index (χ1) is 6.08. The lowest BCUT2D eigenvalue weighted by Crippen LogP contribution is -2.38. The highest BCUT2D eigenvalue weighted by Gasteiger charge is 2.60. The molecule has 0 heteroatoms. The van der Waals surface area contributed by atoms with E-state index in [4.69, 9.17) is 0 Å². The van der Waals surface area contributed by atoms with Crippen molar-refractivity contribution in [2.24, 2.45) is 21.7 Å². The summed E-state index contributed by atoms with van der Waals surface area (Å²) in [6.45, 7) is 14.9. The Morgan fingerprint density at radius 3 is 1.71 bits per heavy atom. The van der Waals surface area contributed by atoms with Crippen LogP contribution in [0.1, 0.15) is 67.2 Å². The minimum absolute atomic E-state index is 0.551. The number of fused-ring (bicyclic) bond motifs is 2. The molecule has 0 nitrogen and oxygen atoms in total. The quantitative estimate of drug-likeness (QED) is 0.527. The summed E-state index contributed by atoms with van der Waals surface area (Å²) in [6.07, 6.45) is 5.73. The fraction of sp³-hybridized carbons (Fsp3) is 1.00. The van der Waals surface area contributed by atoms with Crippen molar-refractivity contribution < 1.29 is 0 Å². The topological polar surface area (TPSA) is 0 Å². The fourth-order valence-corrected chi connectivity index (χ4v) is 5.22. The van der Waals surface area contributed by atoms with Crippen molar-refractivity contribution in [1.29, 1.82) is 0 Å². The molecule has 0 heterocycles. The predicted molar refractivity (Wildman–Crippen MR) is 62.2 cm³/mol. The highest BCUT2D eigenvalue weighted by atomic mass is 14.6. The van der Waals surface area contributed by atoms with Crippen LogP contribution in [0.5, 0.6) is 0 Å². The Morgan fingerprint density at radius 1 is 0.643 bits per heavy atom. The first kappa shape index (κ1) is 10.5. The highest BCUT2D eigenvalue weighted by Crippen LogP contribution is 2.70. The first-order valence-corrected chi connectivity index (χ1v) is 6.08. The van der Waals surface area contributed by atoms with Crippen molar-refractivity contribution in [2.45, 2.75) is 67.2 Å². The summed E-state index contributed by atoms with van der Waals surface area (Å²) in [7, 11) is 0. The van der Waals surface area contributed by atoms with E-state index >= 15 is 0 Å². The van der Waals surface area contributed by atoms with Crippen molar-refractivity contribution in [2.75, 3.05) is 0 Å². The number of rotatable bonds is 0. The number of hydrogen-bond acceptors (Lipinski definition) is 0. The lowest BCUT2D eigenvalue weighted by Gasteiger charge is -2.48. The minimum atomic E-state index is 0.551. The molecule has 0 N–H and O–H groups in total. The van der Waals surface area contributed by atoms with Crippen molar-refractivity contribution >= 4 is 0 Å². The zero-order chi connectivity index (χ0) is 10.8. The zero-order valence-corrected chi connectivity index (χ0v) is 10.8. The van der Waals surface area contributed by atoms with Gasteiger partial charge in [0, 0.05) is 0 Å². The monoisotopic (exact) mass is 194 g/mol. The van der Waals surface area contributed by atoms with Gasteiger partial charge < -0.3 is 0 Å². The molecule has 0 spiro atoms. The molecule has 82 valence electrons. The second kappa shape index (κ2) is 2.39. The van der Waals surface area contributed by atoms with Crippen LogP contribution in [-0.2, 0) is 0 Å². The van der Waals surface area contributed by atoms with Crippen LogP contribution in [0, 0.1) is 21.7 Å². The summed E-state index contributed by atoms with van der Waals surface area (Å²) in [5, 5.41) is 0. The van der Waals surface area contributed by atoms with E-state index in [1.807, 2.05) is 0 Å². The molecule has 0 saturated heterocycles. The molecule has 2 saturated carbocycles. The van der Waals surface area contributed by atoms with Crippen LogP contribution in [0.4, 0.5) is 0 Å². The van der Waals surface area contributed by atoms with E-state index < -0.39 is 0 Å². The van der Waals surface area contributed by atoms with E-state index in [1.165, 1.54) is 25.7 Å². The lowest BCUT2D eigenvalue weighted by molar-refractivity contribution is 0.0252. The van der Waals surface area contributed by atoms with Crippen LogP contribution in [0.15, 0.2) is 0 Å². The average Bonchev–Trinajstić information content (AvgIpc) is 1.87. The molecule has 2 fully saturated rings.